The number of imidazole rings is 1. The van der Waals surface area contributed by atoms with E-state index in [-0.39, 0.29) is 29.2 Å². The van der Waals surface area contributed by atoms with Crippen molar-refractivity contribution in [1.82, 2.24) is 9.55 Å². The highest BCUT2D eigenvalue weighted by Crippen LogP contribution is 2.28. The Bertz CT molecular complexity index is 1170. The van der Waals surface area contributed by atoms with Gasteiger partial charge in [-0.3, -0.25) is 4.79 Å². The minimum atomic E-state index is -3.11. The Kier molecular flexibility index (Phi) is 5.97. The molecule has 8 heteroatoms. The minimum absolute atomic E-state index is 0.00722. The number of benzene rings is 2. The lowest BCUT2D eigenvalue weighted by molar-refractivity contribution is -0.116. The van der Waals surface area contributed by atoms with Crippen LogP contribution in [-0.4, -0.2) is 47.2 Å². The topological polar surface area (TPSA) is 72.3 Å². The number of aromatic nitrogens is 2. The van der Waals surface area contributed by atoms with Gasteiger partial charge in [-0.2, -0.15) is 0 Å². The van der Waals surface area contributed by atoms with Crippen molar-refractivity contribution in [3.05, 3.63) is 67.3 Å². The fourth-order valence-electron chi connectivity index (χ4n) is 3.79. The predicted molar refractivity (Wildman–Crippen MR) is 122 cm³/mol. The molecule has 3 aromatic rings. The number of anilines is 1. The van der Waals surface area contributed by atoms with Gasteiger partial charge in [0, 0.05) is 12.2 Å². The average molecular weight is 442 g/mol. The molecule has 1 aliphatic rings. The zero-order valence-electron chi connectivity index (χ0n) is 16.5. The first-order chi connectivity index (χ1) is 14.5. The molecule has 0 aliphatic carbocycles. The Morgan fingerprint density at radius 1 is 1.20 bits per heavy atom. The number of hydrogen-bond acceptors (Lipinski definition) is 5. The fourth-order valence-corrected chi connectivity index (χ4v) is 6.37. The summed E-state index contributed by atoms with van der Waals surface area (Å²) in [5, 5.41) is 0.747. The van der Waals surface area contributed by atoms with E-state index in [1.165, 1.54) is 11.8 Å². The van der Waals surface area contributed by atoms with Crippen molar-refractivity contribution in [2.45, 2.75) is 24.2 Å². The van der Waals surface area contributed by atoms with E-state index in [9.17, 15) is 13.2 Å². The summed E-state index contributed by atoms with van der Waals surface area (Å²) in [4.78, 5) is 19.6. The van der Waals surface area contributed by atoms with Crippen LogP contribution >= 0.6 is 11.8 Å². The number of allylic oxidation sites excluding steroid dienone is 1. The molecule has 0 spiro atoms. The standard InChI is InChI=1S/C22H23N3O3S2/c1-2-13-24-20-11-7-6-10-19(20)23-22(24)29-15-21(26)25(17-8-4-3-5-9-17)18-12-14-30(27,28)16-18/h2-11,18H,1,12-16H2/t18-/m1/s1. The van der Waals surface area contributed by atoms with Crippen LogP contribution in [0.3, 0.4) is 0 Å². The molecule has 2 heterocycles. The average Bonchev–Trinajstić information content (AvgIpc) is 3.27. The summed E-state index contributed by atoms with van der Waals surface area (Å²) in [5.41, 5.74) is 2.59. The van der Waals surface area contributed by atoms with E-state index in [1.54, 1.807) is 11.0 Å². The lowest BCUT2D eigenvalue weighted by atomic mass is 10.2. The molecule has 0 saturated carbocycles. The van der Waals surface area contributed by atoms with Crippen molar-refractivity contribution < 1.29 is 13.2 Å². The molecule has 2 aromatic carbocycles. The third kappa shape index (κ3) is 4.29. The van der Waals surface area contributed by atoms with Gasteiger partial charge in [-0.1, -0.05) is 48.2 Å². The van der Waals surface area contributed by atoms with Crippen LogP contribution in [0.2, 0.25) is 0 Å². The summed E-state index contributed by atoms with van der Waals surface area (Å²) in [6.45, 7) is 4.42. The summed E-state index contributed by atoms with van der Waals surface area (Å²) in [6, 6.07) is 16.8. The molecule has 1 amide bonds. The number of sulfone groups is 1. The van der Waals surface area contributed by atoms with E-state index in [0.29, 0.717) is 13.0 Å². The number of fused-ring (bicyclic) bond motifs is 1. The molecule has 6 nitrogen and oxygen atoms in total. The quantitative estimate of drug-likeness (QED) is 0.414. The molecule has 1 saturated heterocycles. The predicted octanol–water partition coefficient (Wildman–Crippen LogP) is 3.53. The van der Waals surface area contributed by atoms with Gasteiger partial charge >= 0.3 is 0 Å². The molecule has 1 fully saturated rings. The Labute approximate surface area is 180 Å². The second-order valence-corrected chi connectivity index (χ2v) is 10.4. The van der Waals surface area contributed by atoms with Gasteiger partial charge in [0.25, 0.3) is 0 Å². The number of hydrogen-bond donors (Lipinski definition) is 0. The van der Waals surface area contributed by atoms with E-state index in [0.717, 1.165) is 21.9 Å². The summed E-state index contributed by atoms with van der Waals surface area (Å²) in [6.07, 6.45) is 2.27. The second kappa shape index (κ2) is 8.65. The van der Waals surface area contributed by atoms with Crippen LogP contribution < -0.4 is 4.90 Å². The van der Waals surface area contributed by atoms with Crippen molar-refractivity contribution in [3.63, 3.8) is 0 Å². The smallest absolute Gasteiger partial charge is 0.237 e. The van der Waals surface area contributed by atoms with Crippen molar-refractivity contribution in [2.75, 3.05) is 22.2 Å². The summed E-state index contributed by atoms with van der Waals surface area (Å²) >= 11 is 1.37. The second-order valence-electron chi connectivity index (χ2n) is 7.23. The third-order valence-corrected chi connectivity index (χ3v) is 7.84. The molecule has 1 atom stereocenters. The van der Waals surface area contributed by atoms with Gasteiger partial charge in [0.1, 0.15) is 0 Å². The Morgan fingerprint density at radius 3 is 2.63 bits per heavy atom. The first-order valence-electron chi connectivity index (χ1n) is 9.75. The van der Waals surface area contributed by atoms with Gasteiger partial charge in [-0.25, -0.2) is 13.4 Å². The zero-order valence-corrected chi connectivity index (χ0v) is 18.1. The number of nitrogens with zero attached hydrogens (tertiary/aromatic N) is 3. The lowest BCUT2D eigenvalue weighted by Gasteiger charge is -2.28. The maximum absolute atomic E-state index is 13.3. The van der Waals surface area contributed by atoms with Crippen LogP contribution in [0.5, 0.6) is 0 Å². The number of para-hydroxylation sites is 3. The number of carbonyl (C=O) groups excluding carboxylic acids is 1. The fraction of sp³-hybridized carbons (Fsp3) is 0.273. The van der Waals surface area contributed by atoms with Gasteiger partial charge in [-0.05, 0) is 30.7 Å². The highest BCUT2D eigenvalue weighted by atomic mass is 32.2. The van der Waals surface area contributed by atoms with Crippen molar-refractivity contribution in [3.8, 4) is 0 Å². The highest BCUT2D eigenvalue weighted by molar-refractivity contribution is 7.99. The summed E-state index contributed by atoms with van der Waals surface area (Å²) in [7, 11) is -3.11. The molecule has 30 heavy (non-hydrogen) atoms. The molecule has 0 radical (unpaired) electrons. The van der Waals surface area contributed by atoms with Gasteiger partial charge in [0.15, 0.2) is 15.0 Å². The molecule has 1 aliphatic heterocycles. The van der Waals surface area contributed by atoms with E-state index in [1.807, 2.05) is 59.2 Å². The van der Waals surface area contributed by atoms with E-state index < -0.39 is 9.84 Å². The van der Waals surface area contributed by atoms with Crippen LogP contribution in [0.4, 0.5) is 5.69 Å². The number of thioether (sulfide) groups is 1. The minimum Gasteiger partial charge on any atom is -0.315 e. The molecule has 4 rings (SSSR count). The number of rotatable bonds is 7. The van der Waals surface area contributed by atoms with Crippen molar-refractivity contribution in [2.24, 2.45) is 0 Å². The highest BCUT2D eigenvalue weighted by Gasteiger charge is 2.35. The normalized spacial score (nSPS) is 17.8. The Balaban J connectivity index is 1.58. The SMILES string of the molecule is C=CCn1c(SCC(=O)N(c2ccccc2)[C@@H]2CCS(=O)(=O)C2)nc2ccccc21. The molecule has 156 valence electrons. The van der Waals surface area contributed by atoms with Crippen LogP contribution in [-0.2, 0) is 21.2 Å². The lowest BCUT2D eigenvalue weighted by Crippen LogP contribution is -2.42. The summed E-state index contributed by atoms with van der Waals surface area (Å²) < 4.78 is 26.1. The van der Waals surface area contributed by atoms with E-state index >= 15 is 0 Å². The molecule has 0 unspecified atom stereocenters. The van der Waals surface area contributed by atoms with Gasteiger partial charge in [-0.15, -0.1) is 6.58 Å². The Hall–Kier alpha value is -2.58. The largest absolute Gasteiger partial charge is 0.315 e. The molecular weight excluding hydrogens is 418 g/mol. The first kappa shape index (κ1) is 20.7. The maximum atomic E-state index is 13.3. The number of carbonyl (C=O) groups is 1. The van der Waals surface area contributed by atoms with Crippen molar-refractivity contribution >= 4 is 44.2 Å². The van der Waals surface area contributed by atoms with Crippen LogP contribution in [0.25, 0.3) is 11.0 Å². The van der Waals surface area contributed by atoms with Crippen molar-refractivity contribution in [1.29, 1.82) is 0 Å². The third-order valence-electron chi connectivity index (χ3n) is 5.13. The monoisotopic (exact) mass is 441 g/mol. The molecular formula is C22H23N3O3S2. The molecule has 0 N–H and O–H groups in total. The molecule has 1 aromatic heterocycles. The van der Waals surface area contributed by atoms with Crippen LogP contribution in [0, 0.1) is 0 Å². The van der Waals surface area contributed by atoms with E-state index in [2.05, 4.69) is 11.6 Å². The van der Waals surface area contributed by atoms with Crippen LogP contribution in [0.1, 0.15) is 6.42 Å². The van der Waals surface area contributed by atoms with Gasteiger partial charge in [0.05, 0.1) is 34.3 Å². The van der Waals surface area contributed by atoms with Gasteiger partial charge in [0.2, 0.25) is 5.91 Å². The number of amides is 1. The van der Waals surface area contributed by atoms with Crippen LogP contribution in [0.15, 0.2) is 72.4 Å². The summed E-state index contributed by atoms with van der Waals surface area (Å²) in [5.74, 6) is 0.181. The molecule has 0 bridgehead atoms. The maximum Gasteiger partial charge on any atom is 0.237 e. The first-order valence-corrected chi connectivity index (χ1v) is 12.6. The Morgan fingerprint density at radius 2 is 1.93 bits per heavy atom. The van der Waals surface area contributed by atoms with Gasteiger partial charge < -0.3 is 9.47 Å². The van der Waals surface area contributed by atoms with E-state index in [4.69, 9.17) is 0 Å². The zero-order chi connectivity index (χ0) is 21.1.